The van der Waals surface area contributed by atoms with Gasteiger partial charge in [0.2, 0.25) is 5.91 Å². The predicted molar refractivity (Wildman–Crippen MR) is 77.8 cm³/mol. The number of nitro groups is 1. The van der Waals surface area contributed by atoms with Gasteiger partial charge in [0.15, 0.2) is 0 Å². The molecule has 1 rings (SSSR count). The molecule has 1 aromatic rings. The Hall–Kier alpha value is -2.64. The van der Waals surface area contributed by atoms with Gasteiger partial charge in [-0.15, -0.1) is 0 Å². The summed E-state index contributed by atoms with van der Waals surface area (Å²) in [5, 5.41) is 15.9. The normalized spacial score (nSPS) is 9.95. The van der Waals surface area contributed by atoms with Gasteiger partial charge in [0.05, 0.1) is 10.5 Å². The van der Waals surface area contributed by atoms with Crippen LogP contribution in [0, 0.1) is 10.1 Å². The summed E-state index contributed by atoms with van der Waals surface area (Å²) in [6.45, 7) is 2.66. The number of para-hydroxylation sites is 1. The highest BCUT2D eigenvalue weighted by Crippen LogP contribution is 2.24. The highest BCUT2D eigenvalue weighted by Gasteiger charge is 2.18. The van der Waals surface area contributed by atoms with E-state index in [2.05, 4.69) is 10.6 Å². The number of amides is 2. The Morgan fingerprint density at radius 3 is 2.62 bits per heavy atom. The van der Waals surface area contributed by atoms with Crippen molar-refractivity contribution in [2.24, 2.45) is 0 Å². The molecule has 2 amide bonds. The maximum Gasteiger partial charge on any atom is 0.292 e. The first-order chi connectivity index (χ1) is 9.97. The van der Waals surface area contributed by atoms with E-state index in [-0.39, 0.29) is 35.8 Å². The summed E-state index contributed by atoms with van der Waals surface area (Å²) >= 11 is 0. The summed E-state index contributed by atoms with van der Waals surface area (Å²) in [5.74, 6) is -0.705. The molecule has 0 spiro atoms. The van der Waals surface area contributed by atoms with Crippen LogP contribution in [0.25, 0.3) is 0 Å². The van der Waals surface area contributed by atoms with Crippen molar-refractivity contribution in [2.75, 3.05) is 18.8 Å². The van der Waals surface area contributed by atoms with Crippen molar-refractivity contribution in [1.82, 2.24) is 10.6 Å². The minimum Gasteiger partial charge on any atom is -0.393 e. The van der Waals surface area contributed by atoms with E-state index < -0.39 is 10.8 Å². The third-order valence-corrected chi connectivity index (χ3v) is 2.73. The maximum absolute atomic E-state index is 11.9. The molecule has 0 aliphatic heterocycles. The first-order valence-electron chi connectivity index (χ1n) is 6.55. The van der Waals surface area contributed by atoms with Crippen LogP contribution in [0.4, 0.5) is 11.4 Å². The van der Waals surface area contributed by atoms with Crippen molar-refractivity contribution in [1.29, 1.82) is 0 Å². The van der Waals surface area contributed by atoms with Gasteiger partial charge < -0.3 is 16.4 Å². The fourth-order valence-electron chi connectivity index (χ4n) is 1.65. The molecule has 8 heteroatoms. The summed E-state index contributed by atoms with van der Waals surface area (Å²) in [4.78, 5) is 33.3. The average molecular weight is 294 g/mol. The number of nitrogens with one attached hydrogen (secondary N) is 2. The van der Waals surface area contributed by atoms with Gasteiger partial charge in [-0.3, -0.25) is 19.7 Å². The Morgan fingerprint density at radius 1 is 1.29 bits per heavy atom. The standard InChI is InChI=1S/C13H18N4O4/c1-2-7-15-11(18)6-8-16-13(19)9-4-3-5-10(12(9)14)17(20)21/h3-5H,2,6-8,14H2,1H3,(H,15,18)(H,16,19). The molecule has 0 heterocycles. The molecule has 0 bridgehead atoms. The van der Waals surface area contributed by atoms with Gasteiger partial charge >= 0.3 is 0 Å². The van der Waals surface area contributed by atoms with E-state index in [0.29, 0.717) is 6.54 Å². The number of nitrogens with two attached hydrogens (primary N) is 1. The summed E-state index contributed by atoms with van der Waals surface area (Å²) in [6, 6.07) is 4.01. The molecule has 0 saturated carbocycles. The van der Waals surface area contributed by atoms with E-state index >= 15 is 0 Å². The number of hydrogen-bond acceptors (Lipinski definition) is 5. The lowest BCUT2D eigenvalue weighted by atomic mass is 10.1. The molecule has 1 aromatic carbocycles. The van der Waals surface area contributed by atoms with Crippen LogP contribution in [0.3, 0.4) is 0 Å². The summed E-state index contributed by atoms with van der Waals surface area (Å²) in [5.41, 5.74) is 5.13. The van der Waals surface area contributed by atoms with Crippen LogP contribution in [-0.2, 0) is 4.79 Å². The van der Waals surface area contributed by atoms with Crippen LogP contribution in [0.1, 0.15) is 30.1 Å². The van der Waals surface area contributed by atoms with Gasteiger partial charge in [0.25, 0.3) is 11.6 Å². The SMILES string of the molecule is CCCNC(=O)CCNC(=O)c1cccc([N+](=O)[O-])c1N. The van der Waals surface area contributed by atoms with Gasteiger partial charge in [0.1, 0.15) is 5.69 Å². The molecular formula is C13H18N4O4. The second-order valence-electron chi connectivity index (χ2n) is 4.35. The van der Waals surface area contributed by atoms with Crippen LogP contribution in [-0.4, -0.2) is 29.8 Å². The lowest BCUT2D eigenvalue weighted by Crippen LogP contribution is -2.31. The van der Waals surface area contributed by atoms with Gasteiger partial charge in [-0.05, 0) is 12.5 Å². The van der Waals surface area contributed by atoms with Gasteiger partial charge in [-0.1, -0.05) is 13.0 Å². The third kappa shape index (κ3) is 4.75. The molecule has 0 saturated heterocycles. The predicted octanol–water partition coefficient (Wildman–Crippen LogP) is 0.823. The fourth-order valence-corrected chi connectivity index (χ4v) is 1.65. The maximum atomic E-state index is 11.9. The van der Waals surface area contributed by atoms with Crippen molar-refractivity contribution in [3.63, 3.8) is 0 Å². The Balaban J connectivity index is 2.59. The van der Waals surface area contributed by atoms with Crippen LogP contribution in [0.15, 0.2) is 18.2 Å². The molecule has 0 unspecified atom stereocenters. The molecule has 0 radical (unpaired) electrons. The minimum absolute atomic E-state index is 0.0261. The number of nitrogens with zero attached hydrogens (tertiary/aromatic N) is 1. The largest absolute Gasteiger partial charge is 0.393 e. The molecule has 4 N–H and O–H groups in total. The molecule has 0 fully saturated rings. The van der Waals surface area contributed by atoms with E-state index in [9.17, 15) is 19.7 Å². The summed E-state index contributed by atoms with van der Waals surface area (Å²) < 4.78 is 0. The molecule has 21 heavy (non-hydrogen) atoms. The van der Waals surface area contributed by atoms with Crippen molar-refractivity contribution in [3.8, 4) is 0 Å². The zero-order valence-electron chi connectivity index (χ0n) is 11.7. The molecule has 0 aliphatic carbocycles. The molecular weight excluding hydrogens is 276 g/mol. The first kappa shape index (κ1) is 16.4. The van der Waals surface area contributed by atoms with E-state index in [0.717, 1.165) is 6.42 Å². The average Bonchev–Trinajstić information content (AvgIpc) is 2.44. The Labute approximate surface area is 121 Å². The van der Waals surface area contributed by atoms with Gasteiger partial charge in [-0.25, -0.2) is 0 Å². The Bertz CT molecular complexity index is 545. The number of benzene rings is 1. The molecule has 0 atom stereocenters. The van der Waals surface area contributed by atoms with E-state index in [4.69, 9.17) is 5.73 Å². The van der Waals surface area contributed by atoms with Gasteiger partial charge in [-0.2, -0.15) is 0 Å². The van der Waals surface area contributed by atoms with Crippen molar-refractivity contribution >= 4 is 23.2 Å². The topological polar surface area (TPSA) is 127 Å². The molecule has 8 nitrogen and oxygen atoms in total. The lowest BCUT2D eigenvalue weighted by molar-refractivity contribution is -0.383. The number of rotatable bonds is 7. The smallest absolute Gasteiger partial charge is 0.292 e. The monoisotopic (exact) mass is 294 g/mol. The fraction of sp³-hybridized carbons (Fsp3) is 0.385. The minimum atomic E-state index is -0.649. The Kier molecular flexibility index (Phi) is 6.12. The lowest BCUT2D eigenvalue weighted by Gasteiger charge is -2.08. The number of nitrogen functional groups attached to an aromatic ring is 1. The zero-order valence-corrected chi connectivity index (χ0v) is 11.7. The van der Waals surface area contributed by atoms with Crippen LogP contribution < -0.4 is 16.4 Å². The highest BCUT2D eigenvalue weighted by molar-refractivity contribution is 6.01. The quantitative estimate of drug-likeness (QED) is 0.390. The van der Waals surface area contributed by atoms with Crippen LogP contribution in [0.2, 0.25) is 0 Å². The van der Waals surface area contributed by atoms with E-state index in [1.807, 2.05) is 6.92 Å². The van der Waals surface area contributed by atoms with Crippen molar-refractivity contribution in [3.05, 3.63) is 33.9 Å². The number of anilines is 1. The second kappa shape index (κ2) is 7.83. The van der Waals surface area contributed by atoms with Crippen LogP contribution in [0.5, 0.6) is 0 Å². The van der Waals surface area contributed by atoms with Crippen molar-refractivity contribution < 1.29 is 14.5 Å². The number of nitro benzene ring substituents is 1. The number of carbonyl (C=O) groups is 2. The molecule has 0 aliphatic rings. The third-order valence-electron chi connectivity index (χ3n) is 2.73. The molecule has 114 valence electrons. The first-order valence-corrected chi connectivity index (χ1v) is 6.55. The number of hydrogen-bond donors (Lipinski definition) is 3. The summed E-state index contributed by atoms with van der Waals surface area (Å²) in [6.07, 6.45) is 0.975. The van der Waals surface area contributed by atoms with E-state index in [1.54, 1.807) is 0 Å². The molecule has 0 aromatic heterocycles. The van der Waals surface area contributed by atoms with Crippen molar-refractivity contribution in [2.45, 2.75) is 19.8 Å². The second-order valence-corrected chi connectivity index (χ2v) is 4.35. The van der Waals surface area contributed by atoms with E-state index in [1.165, 1.54) is 18.2 Å². The van der Waals surface area contributed by atoms with Crippen LogP contribution >= 0.6 is 0 Å². The summed E-state index contributed by atoms with van der Waals surface area (Å²) in [7, 11) is 0. The van der Waals surface area contributed by atoms with Gasteiger partial charge in [0, 0.05) is 25.6 Å². The highest BCUT2D eigenvalue weighted by atomic mass is 16.6. The zero-order chi connectivity index (χ0) is 15.8. The Morgan fingerprint density at radius 2 is 2.00 bits per heavy atom. The number of carbonyl (C=O) groups excluding carboxylic acids is 2.